The molecule has 2 N–H and O–H groups in total. The summed E-state index contributed by atoms with van der Waals surface area (Å²) in [5.74, 6) is -1.41. The van der Waals surface area contributed by atoms with Crippen LogP contribution in [0.15, 0.2) is 24.3 Å². The van der Waals surface area contributed by atoms with Gasteiger partial charge < -0.3 is 10.4 Å². The largest absolute Gasteiger partial charge is 0.479 e. The van der Waals surface area contributed by atoms with E-state index in [0.29, 0.717) is 5.56 Å². The fraction of sp³-hybridized carbons (Fsp3) is 0.167. The lowest BCUT2D eigenvalue weighted by Crippen LogP contribution is -2.36. The van der Waals surface area contributed by atoms with Gasteiger partial charge in [-0.2, -0.15) is 0 Å². The van der Waals surface area contributed by atoms with Crippen molar-refractivity contribution in [1.82, 2.24) is 5.32 Å². The first-order valence-electron chi connectivity index (χ1n) is 5.06. The van der Waals surface area contributed by atoms with E-state index in [2.05, 4.69) is 5.32 Å². The third-order valence-corrected chi connectivity index (χ3v) is 3.38. The molecule has 0 unspecified atom stereocenters. The molecule has 0 heterocycles. The molecule has 0 radical (unpaired) electrons. The Balaban J connectivity index is 2.23. The number of alkyl halides is 1. The van der Waals surface area contributed by atoms with Gasteiger partial charge in [0.05, 0.1) is 0 Å². The first-order chi connectivity index (χ1) is 8.09. The van der Waals surface area contributed by atoms with Crippen molar-refractivity contribution in [3.8, 4) is 0 Å². The van der Waals surface area contributed by atoms with Crippen molar-refractivity contribution in [3.05, 3.63) is 41.0 Å². The number of amides is 1. The predicted molar refractivity (Wildman–Crippen MR) is 72.1 cm³/mol. The molecule has 2 rings (SSSR count). The zero-order chi connectivity index (χ0) is 12.4. The second-order valence-corrected chi connectivity index (χ2v) is 4.90. The van der Waals surface area contributed by atoms with E-state index in [4.69, 9.17) is 5.11 Å². The molecule has 0 bridgehead atoms. The number of carbonyl (C=O) groups is 2. The minimum Gasteiger partial charge on any atom is -0.479 e. The minimum atomic E-state index is -1.05. The Morgan fingerprint density at radius 3 is 2.88 bits per heavy atom. The van der Waals surface area contributed by atoms with Crippen LogP contribution in [0.25, 0.3) is 6.08 Å². The molecule has 0 aliphatic heterocycles. The van der Waals surface area contributed by atoms with Crippen LogP contribution in [-0.2, 0) is 11.2 Å². The molecule has 0 saturated heterocycles. The van der Waals surface area contributed by atoms with E-state index in [1.165, 1.54) is 0 Å². The molecule has 88 valence electrons. The lowest BCUT2D eigenvalue weighted by atomic mass is 10.0. The molecule has 1 aromatic rings. The van der Waals surface area contributed by atoms with E-state index >= 15 is 0 Å². The molecule has 1 aromatic carbocycles. The Kier molecular flexibility index (Phi) is 3.46. The van der Waals surface area contributed by atoms with E-state index in [1.54, 1.807) is 28.7 Å². The fourth-order valence-electron chi connectivity index (χ4n) is 1.74. The van der Waals surface area contributed by atoms with E-state index in [0.717, 1.165) is 17.5 Å². The molecule has 1 amide bonds. The van der Waals surface area contributed by atoms with Crippen LogP contribution in [0.2, 0.25) is 0 Å². The van der Waals surface area contributed by atoms with Crippen LogP contribution in [0.5, 0.6) is 0 Å². The highest BCUT2D eigenvalue weighted by atomic mass is 127. The topological polar surface area (TPSA) is 66.4 Å². The molecule has 4 nitrogen and oxygen atoms in total. The number of nitrogens with one attached hydrogen (secondary N) is 1. The van der Waals surface area contributed by atoms with Crippen LogP contribution in [0, 0.1) is 0 Å². The summed E-state index contributed by atoms with van der Waals surface area (Å²) in [7, 11) is 0. The maximum Gasteiger partial charge on any atom is 0.336 e. The lowest BCUT2D eigenvalue weighted by Gasteiger charge is -2.10. The van der Waals surface area contributed by atoms with Crippen molar-refractivity contribution in [2.24, 2.45) is 0 Å². The summed E-state index contributed by atoms with van der Waals surface area (Å²) >= 11 is 1.67. The normalized spacial score (nSPS) is 14.2. The monoisotopic (exact) mass is 343 g/mol. The molecule has 0 fully saturated rings. The average molecular weight is 343 g/mol. The van der Waals surface area contributed by atoms with Gasteiger partial charge >= 0.3 is 5.97 Å². The standard InChI is InChI=1S/C12H10INO3/c13-10(12(16)17)14-11(15)9-6-2-4-7-3-1-5-8(7)9/h1-2,4-6,10H,3H2,(H,14,15)(H,16,17)/t10-/m0/s1. The molecule has 0 spiro atoms. The highest BCUT2D eigenvalue weighted by Gasteiger charge is 2.20. The van der Waals surface area contributed by atoms with Crippen LogP contribution < -0.4 is 5.32 Å². The molecular formula is C12H10INO3. The fourth-order valence-corrected chi connectivity index (χ4v) is 2.03. The number of halogens is 1. The summed E-state index contributed by atoms with van der Waals surface area (Å²) in [6.45, 7) is 0. The number of hydrogen-bond donors (Lipinski definition) is 2. The second-order valence-electron chi connectivity index (χ2n) is 3.66. The molecule has 1 aliphatic carbocycles. The smallest absolute Gasteiger partial charge is 0.336 e. The molecular weight excluding hydrogens is 333 g/mol. The number of benzene rings is 1. The van der Waals surface area contributed by atoms with Gasteiger partial charge in [-0.15, -0.1) is 0 Å². The third kappa shape index (κ3) is 2.49. The molecule has 17 heavy (non-hydrogen) atoms. The van der Waals surface area contributed by atoms with Gasteiger partial charge in [0.15, 0.2) is 4.05 Å². The summed E-state index contributed by atoms with van der Waals surface area (Å²) in [6, 6.07) is 5.48. The van der Waals surface area contributed by atoms with Gasteiger partial charge in [-0.25, -0.2) is 4.79 Å². The summed E-state index contributed by atoms with van der Waals surface area (Å²) in [5, 5.41) is 11.2. The van der Waals surface area contributed by atoms with Gasteiger partial charge in [-0.1, -0.05) is 24.3 Å². The van der Waals surface area contributed by atoms with Crippen LogP contribution in [0.1, 0.15) is 21.5 Å². The van der Waals surface area contributed by atoms with Crippen LogP contribution in [0.4, 0.5) is 0 Å². The predicted octanol–water partition coefficient (Wildman–Crippen LogP) is 1.83. The van der Waals surface area contributed by atoms with Crippen molar-refractivity contribution in [2.45, 2.75) is 10.5 Å². The number of carbonyl (C=O) groups excluding carboxylic acids is 1. The summed E-state index contributed by atoms with van der Waals surface area (Å²) in [5.41, 5.74) is 2.51. The Hall–Kier alpha value is -1.37. The number of fused-ring (bicyclic) bond motifs is 1. The lowest BCUT2D eigenvalue weighted by molar-refractivity contribution is -0.136. The molecule has 0 saturated carbocycles. The van der Waals surface area contributed by atoms with Crippen LogP contribution in [-0.4, -0.2) is 21.0 Å². The number of allylic oxidation sites excluding steroid dienone is 1. The zero-order valence-corrected chi connectivity index (χ0v) is 11.0. The van der Waals surface area contributed by atoms with E-state index < -0.39 is 10.0 Å². The molecule has 5 heteroatoms. The molecule has 1 atom stereocenters. The zero-order valence-electron chi connectivity index (χ0n) is 8.81. The van der Waals surface area contributed by atoms with Gasteiger partial charge in [0.25, 0.3) is 5.91 Å². The quantitative estimate of drug-likeness (QED) is 0.500. The van der Waals surface area contributed by atoms with Crippen molar-refractivity contribution in [2.75, 3.05) is 0 Å². The maximum absolute atomic E-state index is 11.9. The van der Waals surface area contributed by atoms with Gasteiger partial charge in [-0.3, -0.25) is 4.79 Å². The van der Waals surface area contributed by atoms with Gasteiger partial charge in [0.2, 0.25) is 0 Å². The second kappa shape index (κ2) is 4.87. The first kappa shape index (κ1) is 12.1. The van der Waals surface area contributed by atoms with Gasteiger partial charge in [-0.05, 0) is 46.2 Å². The number of hydrogen-bond acceptors (Lipinski definition) is 2. The maximum atomic E-state index is 11.9. The first-order valence-corrected chi connectivity index (χ1v) is 6.30. The van der Waals surface area contributed by atoms with Crippen molar-refractivity contribution < 1.29 is 14.7 Å². The van der Waals surface area contributed by atoms with E-state index in [-0.39, 0.29) is 5.91 Å². The minimum absolute atomic E-state index is 0.352. The number of aliphatic carboxylic acids is 1. The average Bonchev–Trinajstić information content (AvgIpc) is 2.76. The third-order valence-electron chi connectivity index (χ3n) is 2.54. The Morgan fingerprint density at radius 2 is 2.18 bits per heavy atom. The number of rotatable bonds is 3. The van der Waals surface area contributed by atoms with Crippen molar-refractivity contribution in [1.29, 1.82) is 0 Å². The van der Waals surface area contributed by atoms with Gasteiger partial charge in [0.1, 0.15) is 0 Å². The van der Waals surface area contributed by atoms with Crippen molar-refractivity contribution in [3.63, 3.8) is 0 Å². The number of carboxylic acids is 1. The summed E-state index contributed by atoms with van der Waals surface area (Å²) < 4.78 is -0.915. The SMILES string of the molecule is O=C(N[C@H](I)C(=O)O)c1cccc2c1C=CC2. The van der Waals surface area contributed by atoms with Crippen LogP contribution >= 0.6 is 22.6 Å². The van der Waals surface area contributed by atoms with Gasteiger partial charge in [0, 0.05) is 5.56 Å². The Labute approximate surface area is 112 Å². The summed E-state index contributed by atoms with van der Waals surface area (Å²) in [6.07, 6.45) is 4.70. The highest BCUT2D eigenvalue weighted by molar-refractivity contribution is 14.1. The summed E-state index contributed by atoms with van der Waals surface area (Å²) in [4.78, 5) is 22.6. The van der Waals surface area contributed by atoms with E-state index in [1.807, 2.05) is 24.3 Å². The van der Waals surface area contributed by atoms with Crippen molar-refractivity contribution >= 4 is 40.5 Å². The van der Waals surface area contributed by atoms with E-state index in [9.17, 15) is 9.59 Å². The highest BCUT2D eigenvalue weighted by Crippen LogP contribution is 2.23. The molecule has 0 aromatic heterocycles. The van der Waals surface area contributed by atoms with Crippen LogP contribution in [0.3, 0.4) is 0 Å². The Bertz CT molecular complexity index is 510. The number of carboxylic acid groups (broad SMARTS) is 1. The molecule has 1 aliphatic rings. The Morgan fingerprint density at radius 1 is 1.41 bits per heavy atom.